The van der Waals surface area contributed by atoms with Crippen molar-refractivity contribution < 1.29 is 4.79 Å². The molecule has 1 aromatic carbocycles. The fraction of sp³-hybridized carbons (Fsp3) is 0.0556. The summed E-state index contributed by atoms with van der Waals surface area (Å²) in [6.45, 7) is 0. The first-order valence-corrected chi connectivity index (χ1v) is 7.71. The summed E-state index contributed by atoms with van der Waals surface area (Å²) in [5, 5.41) is 3.71. The van der Waals surface area contributed by atoms with E-state index in [1.807, 2.05) is 36.4 Å². The molecule has 0 atom stereocenters. The van der Waals surface area contributed by atoms with Gasteiger partial charge in [-0.25, -0.2) is 0 Å². The van der Waals surface area contributed by atoms with E-state index in [9.17, 15) is 4.79 Å². The van der Waals surface area contributed by atoms with Crippen molar-refractivity contribution in [3.63, 3.8) is 0 Å². The Morgan fingerprint density at radius 3 is 2.54 bits per heavy atom. The van der Waals surface area contributed by atoms with Crippen molar-refractivity contribution in [2.24, 2.45) is 5.73 Å². The topological polar surface area (TPSA) is 80.9 Å². The van der Waals surface area contributed by atoms with Crippen molar-refractivity contribution in [1.29, 1.82) is 0 Å². The Balaban J connectivity index is 1.94. The van der Waals surface area contributed by atoms with Gasteiger partial charge >= 0.3 is 0 Å². The molecular formula is C18H15ClN4O. The van der Waals surface area contributed by atoms with Crippen LogP contribution in [-0.4, -0.2) is 15.9 Å². The van der Waals surface area contributed by atoms with E-state index in [-0.39, 0.29) is 0 Å². The van der Waals surface area contributed by atoms with Crippen molar-refractivity contribution >= 4 is 28.9 Å². The molecule has 3 aromatic rings. The smallest absolute Gasteiger partial charge is 0.252 e. The van der Waals surface area contributed by atoms with E-state index in [2.05, 4.69) is 15.3 Å². The molecule has 2 heterocycles. The average Bonchev–Trinajstić information content (AvgIpc) is 2.58. The first kappa shape index (κ1) is 16.0. The number of nitrogens with one attached hydrogen (secondary N) is 1. The van der Waals surface area contributed by atoms with Crippen LogP contribution in [0.2, 0.25) is 5.02 Å². The van der Waals surface area contributed by atoms with E-state index in [0.29, 0.717) is 28.4 Å². The van der Waals surface area contributed by atoms with E-state index >= 15 is 0 Å². The number of carbonyl (C=O) groups excluding carboxylic acids is 1. The van der Waals surface area contributed by atoms with Crippen LogP contribution in [0.3, 0.4) is 0 Å². The monoisotopic (exact) mass is 338 g/mol. The van der Waals surface area contributed by atoms with Crippen LogP contribution in [0.4, 0.5) is 11.4 Å². The number of halogens is 1. The number of aromatic nitrogens is 2. The molecule has 0 unspecified atom stereocenters. The molecule has 0 bridgehead atoms. The number of carbonyl (C=O) groups is 1. The molecule has 0 aliphatic carbocycles. The number of nitrogens with two attached hydrogens (primary N) is 1. The molecule has 0 fully saturated rings. The number of rotatable bonds is 5. The zero-order valence-electron chi connectivity index (χ0n) is 12.7. The molecule has 0 saturated heterocycles. The van der Waals surface area contributed by atoms with Crippen molar-refractivity contribution in [2.45, 2.75) is 6.42 Å². The van der Waals surface area contributed by atoms with Crippen LogP contribution in [0.1, 0.15) is 21.7 Å². The second-order valence-corrected chi connectivity index (χ2v) is 5.60. The third kappa shape index (κ3) is 3.70. The van der Waals surface area contributed by atoms with Crippen molar-refractivity contribution in [1.82, 2.24) is 9.97 Å². The molecule has 24 heavy (non-hydrogen) atoms. The molecule has 2 aromatic heterocycles. The fourth-order valence-corrected chi connectivity index (χ4v) is 2.47. The maximum atomic E-state index is 11.7. The average molecular weight is 339 g/mol. The van der Waals surface area contributed by atoms with E-state index < -0.39 is 5.91 Å². The highest BCUT2D eigenvalue weighted by Crippen LogP contribution is 2.27. The molecule has 1 amide bonds. The van der Waals surface area contributed by atoms with Gasteiger partial charge in [-0.3, -0.25) is 14.8 Å². The second kappa shape index (κ2) is 7.10. The summed E-state index contributed by atoms with van der Waals surface area (Å²) in [6, 6.07) is 14.8. The van der Waals surface area contributed by atoms with Gasteiger partial charge in [0, 0.05) is 30.2 Å². The summed E-state index contributed by atoms with van der Waals surface area (Å²) in [4.78, 5) is 20.3. The number of para-hydroxylation sites is 1. The number of anilines is 2. The van der Waals surface area contributed by atoms with Gasteiger partial charge in [0.05, 0.1) is 22.0 Å². The summed E-state index contributed by atoms with van der Waals surface area (Å²) >= 11 is 6.17. The molecule has 0 aliphatic heterocycles. The van der Waals surface area contributed by atoms with Crippen LogP contribution in [0.15, 0.2) is 60.9 Å². The van der Waals surface area contributed by atoms with Crippen LogP contribution in [-0.2, 0) is 6.42 Å². The molecule has 3 rings (SSSR count). The lowest BCUT2D eigenvalue weighted by molar-refractivity contribution is 0.100. The molecule has 0 saturated carbocycles. The van der Waals surface area contributed by atoms with Gasteiger partial charge < -0.3 is 11.1 Å². The highest BCUT2D eigenvalue weighted by atomic mass is 35.5. The Labute approximate surface area is 144 Å². The van der Waals surface area contributed by atoms with Gasteiger partial charge in [0.2, 0.25) is 0 Å². The standard InChI is InChI=1S/C18H15ClN4O/c19-15-6-1-2-7-16(15)23-17-10-13(22-11-14(17)18(20)24)9-12-5-3-4-8-21-12/h1-8,10-11H,9H2,(H2,20,24)(H,22,23). The third-order valence-corrected chi connectivity index (χ3v) is 3.79. The number of amides is 1. The van der Waals surface area contributed by atoms with Crippen LogP contribution < -0.4 is 11.1 Å². The minimum absolute atomic E-state index is 0.305. The van der Waals surface area contributed by atoms with Crippen LogP contribution in [0.25, 0.3) is 0 Å². The summed E-state index contributed by atoms with van der Waals surface area (Å²) < 4.78 is 0. The molecule has 0 spiro atoms. The Morgan fingerprint density at radius 1 is 1.04 bits per heavy atom. The molecule has 5 nitrogen and oxygen atoms in total. The molecule has 0 radical (unpaired) electrons. The fourth-order valence-electron chi connectivity index (χ4n) is 2.29. The zero-order valence-corrected chi connectivity index (χ0v) is 13.5. The highest BCUT2D eigenvalue weighted by molar-refractivity contribution is 6.33. The van der Waals surface area contributed by atoms with Crippen LogP contribution in [0, 0.1) is 0 Å². The molecule has 120 valence electrons. The molecule has 6 heteroatoms. The normalized spacial score (nSPS) is 10.4. The predicted molar refractivity (Wildman–Crippen MR) is 94.5 cm³/mol. The van der Waals surface area contributed by atoms with Crippen molar-refractivity contribution in [2.75, 3.05) is 5.32 Å². The highest BCUT2D eigenvalue weighted by Gasteiger charge is 2.12. The third-order valence-electron chi connectivity index (χ3n) is 3.46. The van der Waals surface area contributed by atoms with E-state index in [0.717, 1.165) is 11.4 Å². The Morgan fingerprint density at radius 2 is 1.83 bits per heavy atom. The quantitative estimate of drug-likeness (QED) is 0.745. The lowest BCUT2D eigenvalue weighted by atomic mass is 10.1. The van der Waals surface area contributed by atoms with Gasteiger partial charge in [0.15, 0.2) is 0 Å². The van der Waals surface area contributed by atoms with Gasteiger partial charge in [-0.05, 0) is 30.3 Å². The van der Waals surface area contributed by atoms with Gasteiger partial charge in [0.1, 0.15) is 0 Å². The van der Waals surface area contributed by atoms with E-state index in [1.165, 1.54) is 6.20 Å². The maximum absolute atomic E-state index is 11.7. The number of pyridine rings is 2. The Kier molecular flexibility index (Phi) is 4.72. The number of hydrogen-bond donors (Lipinski definition) is 2. The number of nitrogens with zero attached hydrogens (tertiary/aromatic N) is 2. The van der Waals surface area contributed by atoms with Crippen molar-refractivity contribution in [3.05, 3.63) is 82.9 Å². The maximum Gasteiger partial charge on any atom is 0.252 e. The van der Waals surface area contributed by atoms with Gasteiger partial charge in [-0.2, -0.15) is 0 Å². The minimum atomic E-state index is -0.554. The Bertz CT molecular complexity index is 868. The van der Waals surface area contributed by atoms with Gasteiger partial charge in [0.25, 0.3) is 5.91 Å². The van der Waals surface area contributed by atoms with Crippen LogP contribution in [0.5, 0.6) is 0 Å². The van der Waals surface area contributed by atoms with Crippen molar-refractivity contribution in [3.8, 4) is 0 Å². The van der Waals surface area contributed by atoms with Gasteiger partial charge in [-0.15, -0.1) is 0 Å². The largest absolute Gasteiger partial charge is 0.365 e. The predicted octanol–water partition coefficient (Wildman–Crippen LogP) is 3.56. The summed E-state index contributed by atoms with van der Waals surface area (Å²) in [6.07, 6.45) is 3.76. The lowest BCUT2D eigenvalue weighted by Gasteiger charge is -2.12. The second-order valence-electron chi connectivity index (χ2n) is 5.19. The molecule has 0 aliphatic rings. The SMILES string of the molecule is NC(=O)c1cnc(Cc2ccccn2)cc1Nc1ccccc1Cl. The summed E-state index contributed by atoms with van der Waals surface area (Å²) in [7, 11) is 0. The zero-order chi connectivity index (χ0) is 16.9. The lowest BCUT2D eigenvalue weighted by Crippen LogP contribution is -2.14. The number of hydrogen-bond acceptors (Lipinski definition) is 4. The minimum Gasteiger partial charge on any atom is -0.365 e. The van der Waals surface area contributed by atoms with E-state index in [4.69, 9.17) is 17.3 Å². The molecule has 3 N–H and O–H groups in total. The summed E-state index contributed by atoms with van der Waals surface area (Å²) in [5.41, 5.74) is 8.67. The first-order chi connectivity index (χ1) is 11.6. The molecular weight excluding hydrogens is 324 g/mol. The first-order valence-electron chi connectivity index (χ1n) is 7.33. The summed E-state index contributed by atoms with van der Waals surface area (Å²) in [5.74, 6) is -0.554. The number of benzene rings is 1. The van der Waals surface area contributed by atoms with Crippen LogP contribution >= 0.6 is 11.6 Å². The van der Waals surface area contributed by atoms with E-state index in [1.54, 1.807) is 18.3 Å². The number of primary amides is 1. The Hall–Kier alpha value is -2.92. The van der Waals surface area contributed by atoms with Gasteiger partial charge in [-0.1, -0.05) is 29.8 Å².